The fourth-order valence-electron chi connectivity index (χ4n) is 4.29. The first-order chi connectivity index (χ1) is 9.60. The zero-order valence-corrected chi connectivity index (χ0v) is 12.5. The van der Waals surface area contributed by atoms with Crippen molar-refractivity contribution in [2.24, 2.45) is 17.3 Å². The Morgan fingerprint density at radius 1 is 1.20 bits per heavy atom. The molecule has 0 bridgehead atoms. The van der Waals surface area contributed by atoms with Crippen molar-refractivity contribution in [3.63, 3.8) is 0 Å². The second kappa shape index (κ2) is 5.47. The lowest BCUT2D eigenvalue weighted by Gasteiger charge is -2.40. The van der Waals surface area contributed by atoms with Crippen molar-refractivity contribution in [2.75, 3.05) is 19.6 Å². The van der Waals surface area contributed by atoms with Gasteiger partial charge in [0.1, 0.15) is 0 Å². The van der Waals surface area contributed by atoms with Crippen LogP contribution in [0.25, 0.3) is 0 Å². The summed E-state index contributed by atoms with van der Waals surface area (Å²) in [4.78, 5) is 26.5. The maximum atomic E-state index is 12.4. The fraction of sp³-hybridized carbons (Fsp3) is 0.875. The van der Waals surface area contributed by atoms with Gasteiger partial charge in [-0.2, -0.15) is 0 Å². The van der Waals surface area contributed by atoms with E-state index in [1.807, 2.05) is 0 Å². The van der Waals surface area contributed by atoms with E-state index in [1.54, 1.807) is 4.90 Å². The number of amides is 2. The highest BCUT2D eigenvalue weighted by Gasteiger charge is 2.45. The minimum absolute atomic E-state index is 0.0321. The van der Waals surface area contributed by atoms with E-state index < -0.39 is 0 Å². The molecule has 1 saturated carbocycles. The summed E-state index contributed by atoms with van der Waals surface area (Å²) < 4.78 is 0. The number of nitrogens with zero attached hydrogens (tertiary/aromatic N) is 1. The summed E-state index contributed by atoms with van der Waals surface area (Å²) in [6.45, 7) is 4.88. The summed E-state index contributed by atoms with van der Waals surface area (Å²) in [6, 6.07) is 0. The van der Waals surface area contributed by atoms with E-state index in [1.165, 1.54) is 12.8 Å². The standard InChI is InChI=1S/C16H26N2O2/c1-12-10-17-7-4-13(12)11-18-14(19)8-16(9-15(18)20)5-2-3-6-16/h12-13,17H,2-11H2,1H3. The summed E-state index contributed by atoms with van der Waals surface area (Å²) in [6.07, 6.45) is 6.81. The van der Waals surface area contributed by atoms with Crippen LogP contribution < -0.4 is 5.32 Å². The average Bonchev–Trinajstić information content (AvgIpc) is 2.84. The molecule has 1 spiro atoms. The van der Waals surface area contributed by atoms with Gasteiger partial charge < -0.3 is 5.32 Å². The molecule has 2 saturated heterocycles. The molecule has 3 rings (SSSR count). The van der Waals surface area contributed by atoms with Crippen LogP contribution in [0.4, 0.5) is 0 Å². The summed E-state index contributed by atoms with van der Waals surface area (Å²) in [5, 5.41) is 3.38. The van der Waals surface area contributed by atoms with Crippen LogP contribution in [0.15, 0.2) is 0 Å². The van der Waals surface area contributed by atoms with Gasteiger partial charge in [0.25, 0.3) is 0 Å². The van der Waals surface area contributed by atoms with Crippen LogP contribution in [0.1, 0.15) is 51.9 Å². The molecule has 4 nitrogen and oxygen atoms in total. The first-order valence-corrected chi connectivity index (χ1v) is 8.14. The monoisotopic (exact) mass is 278 g/mol. The van der Waals surface area contributed by atoms with Gasteiger partial charge in [-0.05, 0) is 49.6 Å². The topological polar surface area (TPSA) is 49.4 Å². The van der Waals surface area contributed by atoms with Crippen molar-refractivity contribution >= 4 is 11.8 Å². The predicted molar refractivity (Wildman–Crippen MR) is 77.0 cm³/mol. The average molecular weight is 278 g/mol. The molecule has 2 heterocycles. The lowest BCUT2D eigenvalue weighted by atomic mass is 9.76. The second-order valence-electron chi connectivity index (χ2n) is 7.19. The molecule has 4 heteroatoms. The number of nitrogens with one attached hydrogen (secondary N) is 1. The molecule has 1 N–H and O–H groups in total. The van der Waals surface area contributed by atoms with Crippen LogP contribution in [0, 0.1) is 17.3 Å². The van der Waals surface area contributed by atoms with Crippen molar-refractivity contribution in [3.8, 4) is 0 Å². The van der Waals surface area contributed by atoms with E-state index >= 15 is 0 Å². The summed E-state index contributed by atoms with van der Waals surface area (Å²) in [7, 11) is 0. The Labute approximate surface area is 121 Å². The van der Waals surface area contributed by atoms with Crippen LogP contribution >= 0.6 is 0 Å². The van der Waals surface area contributed by atoms with Gasteiger partial charge in [-0.3, -0.25) is 14.5 Å². The third-order valence-corrected chi connectivity index (χ3v) is 5.70. The molecule has 3 aliphatic rings. The highest BCUT2D eigenvalue weighted by atomic mass is 16.2. The third kappa shape index (κ3) is 2.62. The normalized spacial score (nSPS) is 34.0. The van der Waals surface area contributed by atoms with E-state index in [9.17, 15) is 9.59 Å². The van der Waals surface area contributed by atoms with Gasteiger partial charge in [-0.1, -0.05) is 19.8 Å². The Morgan fingerprint density at radius 2 is 1.85 bits per heavy atom. The molecule has 2 unspecified atom stereocenters. The minimum atomic E-state index is 0.0321. The van der Waals surface area contributed by atoms with E-state index in [-0.39, 0.29) is 17.2 Å². The molecule has 3 fully saturated rings. The minimum Gasteiger partial charge on any atom is -0.316 e. The van der Waals surface area contributed by atoms with Crippen LogP contribution in [0.3, 0.4) is 0 Å². The first kappa shape index (κ1) is 14.1. The zero-order chi connectivity index (χ0) is 14.2. The molecule has 0 aromatic carbocycles. The molecular weight excluding hydrogens is 252 g/mol. The predicted octanol–water partition coefficient (Wildman–Crippen LogP) is 1.94. The highest BCUT2D eigenvalue weighted by Crippen LogP contribution is 2.47. The largest absolute Gasteiger partial charge is 0.316 e. The molecule has 2 amide bonds. The zero-order valence-electron chi connectivity index (χ0n) is 12.5. The number of carbonyl (C=O) groups is 2. The number of hydrogen-bond acceptors (Lipinski definition) is 3. The van der Waals surface area contributed by atoms with E-state index in [2.05, 4.69) is 12.2 Å². The number of rotatable bonds is 2. The first-order valence-electron chi connectivity index (χ1n) is 8.14. The van der Waals surface area contributed by atoms with Crippen molar-refractivity contribution < 1.29 is 9.59 Å². The maximum absolute atomic E-state index is 12.4. The van der Waals surface area contributed by atoms with Crippen molar-refractivity contribution in [2.45, 2.75) is 51.9 Å². The van der Waals surface area contributed by atoms with Crippen LogP contribution in [-0.2, 0) is 9.59 Å². The second-order valence-corrected chi connectivity index (χ2v) is 7.19. The number of carbonyl (C=O) groups excluding carboxylic acids is 2. The molecule has 112 valence electrons. The number of imide groups is 1. The van der Waals surface area contributed by atoms with Crippen molar-refractivity contribution in [3.05, 3.63) is 0 Å². The summed E-state index contributed by atoms with van der Waals surface area (Å²) in [5.74, 6) is 1.20. The lowest BCUT2D eigenvalue weighted by Crippen LogP contribution is -2.51. The van der Waals surface area contributed by atoms with E-state index in [0.717, 1.165) is 32.4 Å². The molecular formula is C16H26N2O2. The van der Waals surface area contributed by atoms with E-state index in [0.29, 0.717) is 31.2 Å². The van der Waals surface area contributed by atoms with Crippen LogP contribution in [0.5, 0.6) is 0 Å². The summed E-state index contributed by atoms with van der Waals surface area (Å²) >= 11 is 0. The molecule has 0 aromatic heterocycles. The molecule has 0 aromatic rings. The molecule has 0 radical (unpaired) electrons. The van der Waals surface area contributed by atoms with Gasteiger partial charge in [0.05, 0.1) is 0 Å². The van der Waals surface area contributed by atoms with Gasteiger partial charge in [-0.25, -0.2) is 0 Å². The molecule has 2 aliphatic heterocycles. The fourth-order valence-corrected chi connectivity index (χ4v) is 4.29. The SMILES string of the molecule is CC1CNCCC1CN1C(=O)CC2(CCCC2)CC1=O. The number of hydrogen-bond donors (Lipinski definition) is 1. The van der Waals surface area contributed by atoms with Gasteiger partial charge in [-0.15, -0.1) is 0 Å². The lowest BCUT2D eigenvalue weighted by molar-refractivity contribution is -0.154. The Kier molecular flexibility index (Phi) is 3.85. The van der Waals surface area contributed by atoms with E-state index in [4.69, 9.17) is 0 Å². The Morgan fingerprint density at radius 3 is 2.45 bits per heavy atom. The van der Waals surface area contributed by atoms with Crippen molar-refractivity contribution in [1.29, 1.82) is 0 Å². The third-order valence-electron chi connectivity index (χ3n) is 5.70. The van der Waals surface area contributed by atoms with Gasteiger partial charge >= 0.3 is 0 Å². The quantitative estimate of drug-likeness (QED) is 0.785. The number of likely N-dealkylation sites (tertiary alicyclic amines) is 1. The Balaban J connectivity index is 1.65. The maximum Gasteiger partial charge on any atom is 0.229 e. The highest BCUT2D eigenvalue weighted by molar-refractivity contribution is 5.98. The molecule has 2 atom stereocenters. The van der Waals surface area contributed by atoms with Gasteiger partial charge in [0.2, 0.25) is 11.8 Å². The Bertz CT molecular complexity index is 381. The smallest absolute Gasteiger partial charge is 0.229 e. The van der Waals surface area contributed by atoms with Gasteiger partial charge in [0.15, 0.2) is 0 Å². The molecule has 20 heavy (non-hydrogen) atoms. The van der Waals surface area contributed by atoms with Gasteiger partial charge in [0, 0.05) is 19.4 Å². The van der Waals surface area contributed by atoms with Crippen molar-refractivity contribution in [1.82, 2.24) is 10.2 Å². The van der Waals surface area contributed by atoms with Crippen LogP contribution in [-0.4, -0.2) is 36.3 Å². The Hall–Kier alpha value is -0.900. The molecule has 1 aliphatic carbocycles. The van der Waals surface area contributed by atoms with Crippen LogP contribution in [0.2, 0.25) is 0 Å². The summed E-state index contributed by atoms with van der Waals surface area (Å²) in [5.41, 5.74) is 0.0321. The number of piperidine rings is 2.